The van der Waals surface area contributed by atoms with E-state index in [-0.39, 0.29) is 0 Å². The van der Waals surface area contributed by atoms with Crippen LogP contribution in [-0.2, 0) is 6.42 Å². The Morgan fingerprint density at radius 1 is 1.25 bits per heavy atom. The summed E-state index contributed by atoms with van der Waals surface area (Å²) < 4.78 is 0. The zero-order valence-corrected chi connectivity index (χ0v) is 10.7. The second-order valence-electron chi connectivity index (χ2n) is 5.72. The van der Waals surface area contributed by atoms with Crippen molar-refractivity contribution in [1.29, 1.82) is 0 Å². The minimum Gasteiger partial charge on any atom is -0.311 e. The van der Waals surface area contributed by atoms with E-state index in [1.807, 2.05) is 0 Å². The van der Waals surface area contributed by atoms with Gasteiger partial charge >= 0.3 is 0 Å². The van der Waals surface area contributed by atoms with Gasteiger partial charge in [-0.05, 0) is 44.2 Å². The molecule has 0 aliphatic carbocycles. The molecule has 0 bridgehead atoms. The highest BCUT2D eigenvalue weighted by atomic mass is 15.0. The van der Waals surface area contributed by atoms with Gasteiger partial charge in [-0.3, -0.25) is 0 Å². The molecule has 0 amide bonds. The normalized spacial score (nSPS) is 24.5. The van der Waals surface area contributed by atoms with E-state index in [2.05, 4.69) is 50.4 Å². The number of benzene rings is 1. The molecule has 1 fully saturated rings. The molecule has 0 aromatic heterocycles. The summed E-state index contributed by atoms with van der Waals surface area (Å²) in [4.78, 5) is 0. The fourth-order valence-electron chi connectivity index (χ4n) is 2.75. The Morgan fingerprint density at radius 2 is 1.88 bits per heavy atom. The van der Waals surface area contributed by atoms with Gasteiger partial charge in [0.1, 0.15) is 0 Å². The van der Waals surface area contributed by atoms with Crippen LogP contribution in [0, 0.1) is 12.8 Å². The van der Waals surface area contributed by atoms with Crippen molar-refractivity contribution in [3.63, 3.8) is 0 Å². The number of hydrogen-bond acceptors (Lipinski definition) is 1. The van der Waals surface area contributed by atoms with Crippen LogP contribution in [0.1, 0.15) is 37.8 Å². The largest absolute Gasteiger partial charge is 0.311 e. The van der Waals surface area contributed by atoms with Crippen molar-refractivity contribution < 1.29 is 0 Å². The lowest BCUT2D eigenvalue weighted by atomic mass is 9.76. The molecule has 0 saturated carbocycles. The van der Waals surface area contributed by atoms with Crippen LogP contribution >= 0.6 is 0 Å². The Hall–Kier alpha value is -0.820. The van der Waals surface area contributed by atoms with Crippen LogP contribution < -0.4 is 5.32 Å². The summed E-state index contributed by atoms with van der Waals surface area (Å²) in [5.41, 5.74) is 3.21. The summed E-state index contributed by atoms with van der Waals surface area (Å²) in [6.07, 6.45) is 3.81. The fourth-order valence-corrected chi connectivity index (χ4v) is 2.75. The average Bonchev–Trinajstić information content (AvgIpc) is 2.17. The molecule has 1 N–H and O–H groups in total. The van der Waals surface area contributed by atoms with Gasteiger partial charge in [-0.2, -0.15) is 0 Å². The topological polar surface area (TPSA) is 12.0 Å². The lowest BCUT2D eigenvalue weighted by Crippen LogP contribution is -2.59. The third-order valence-electron chi connectivity index (χ3n) is 3.57. The highest BCUT2D eigenvalue weighted by Gasteiger charge is 2.36. The molecule has 1 heteroatoms. The second kappa shape index (κ2) is 4.58. The lowest BCUT2D eigenvalue weighted by molar-refractivity contribution is 0.168. The van der Waals surface area contributed by atoms with Crippen molar-refractivity contribution in [3.8, 4) is 0 Å². The summed E-state index contributed by atoms with van der Waals surface area (Å²) in [6, 6.07) is 8.99. The molecule has 1 aromatic carbocycles. The fraction of sp³-hybridized carbons (Fsp3) is 0.600. The van der Waals surface area contributed by atoms with Crippen molar-refractivity contribution in [3.05, 3.63) is 35.4 Å². The smallest absolute Gasteiger partial charge is 0.0236 e. The monoisotopic (exact) mass is 217 g/mol. The molecule has 1 saturated heterocycles. The Labute approximate surface area is 99.3 Å². The number of aryl methyl sites for hydroxylation is 1. The molecule has 16 heavy (non-hydrogen) atoms. The van der Waals surface area contributed by atoms with Crippen molar-refractivity contribution >= 4 is 0 Å². The maximum absolute atomic E-state index is 3.65. The van der Waals surface area contributed by atoms with Crippen LogP contribution in [0.2, 0.25) is 0 Å². The first-order valence-electron chi connectivity index (χ1n) is 6.40. The quantitative estimate of drug-likeness (QED) is 0.816. The molecule has 1 aromatic rings. The van der Waals surface area contributed by atoms with Crippen molar-refractivity contribution in [1.82, 2.24) is 5.32 Å². The second-order valence-corrected chi connectivity index (χ2v) is 5.72. The maximum atomic E-state index is 3.65. The molecular formula is C15H23N. The Balaban J connectivity index is 2.04. The van der Waals surface area contributed by atoms with Gasteiger partial charge in [0.2, 0.25) is 0 Å². The molecule has 1 nitrogen and oxygen atoms in total. The molecule has 1 aliphatic heterocycles. The van der Waals surface area contributed by atoms with Gasteiger partial charge in [-0.1, -0.05) is 43.7 Å². The summed E-state index contributed by atoms with van der Waals surface area (Å²) in [6.45, 7) is 7.97. The Bertz CT molecular complexity index is 333. The molecule has 2 rings (SSSR count). The van der Waals surface area contributed by atoms with Crippen molar-refractivity contribution in [2.45, 2.75) is 45.6 Å². The van der Waals surface area contributed by atoms with Gasteiger partial charge in [-0.25, -0.2) is 0 Å². The van der Waals surface area contributed by atoms with Gasteiger partial charge in [-0.15, -0.1) is 0 Å². The summed E-state index contributed by atoms with van der Waals surface area (Å²) in [5.74, 6) is 0.776. The molecule has 88 valence electrons. The standard InChI is InChI=1S/C15H23N/c1-12(2)10-15(8-9-16-15)11-14-6-4-13(3)5-7-14/h4-7,12,16H,8-11H2,1-3H3. The predicted octanol–water partition coefficient (Wildman–Crippen LogP) is 3.32. The predicted molar refractivity (Wildman–Crippen MR) is 69.7 cm³/mol. The maximum Gasteiger partial charge on any atom is 0.0236 e. The van der Waals surface area contributed by atoms with Gasteiger partial charge < -0.3 is 5.32 Å². The van der Waals surface area contributed by atoms with Crippen LogP contribution in [0.4, 0.5) is 0 Å². The summed E-state index contributed by atoms with van der Waals surface area (Å²) >= 11 is 0. The van der Waals surface area contributed by atoms with Crippen molar-refractivity contribution in [2.24, 2.45) is 5.92 Å². The van der Waals surface area contributed by atoms with E-state index in [4.69, 9.17) is 0 Å². The molecule has 1 unspecified atom stereocenters. The van der Waals surface area contributed by atoms with E-state index in [0.29, 0.717) is 5.54 Å². The number of rotatable bonds is 4. The van der Waals surface area contributed by atoms with Gasteiger partial charge in [0.15, 0.2) is 0 Å². The minimum atomic E-state index is 0.392. The number of hydrogen-bond donors (Lipinski definition) is 1. The highest BCUT2D eigenvalue weighted by molar-refractivity contribution is 5.24. The first-order valence-corrected chi connectivity index (χ1v) is 6.40. The lowest BCUT2D eigenvalue weighted by Gasteiger charge is -2.45. The van der Waals surface area contributed by atoms with E-state index >= 15 is 0 Å². The van der Waals surface area contributed by atoms with E-state index in [0.717, 1.165) is 5.92 Å². The average molecular weight is 217 g/mol. The van der Waals surface area contributed by atoms with E-state index in [9.17, 15) is 0 Å². The van der Waals surface area contributed by atoms with E-state index in [1.54, 1.807) is 0 Å². The van der Waals surface area contributed by atoms with Crippen LogP contribution in [0.15, 0.2) is 24.3 Å². The Morgan fingerprint density at radius 3 is 2.31 bits per heavy atom. The first kappa shape index (κ1) is 11.7. The minimum absolute atomic E-state index is 0.392. The molecule has 1 atom stereocenters. The van der Waals surface area contributed by atoms with Crippen molar-refractivity contribution in [2.75, 3.05) is 6.54 Å². The molecule has 0 radical (unpaired) electrons. The van der Waals surface area contributed by atoms with E-state index in [1.165, 1.54) is 36.9 Å². The van der Waals surface area contributed by atoms with Crippen LogP contribution in [0.5, 0.6) is 0 Å². The van der Waals surface area contributed by atoms with Gasteiger partial charge in [0.25, 0.3) is 0 Å². The van der Waals surface area contributed by atoms with Crippen LogP contribution in [0.3, 0.4) is 0 Å². The molecule has 0 spiro atoms. The van der Waals surface area contributed by atoms with Gasteiger partial charge in [0.05, 0.1) is 0 Å². The van der Waals surface area contributed by atoms with E-state index < -0.39 is 0 Å². The first-order chi connectivity index (χ1) is 7.60. The molecular weight excluding hydrogens is 194 g/mol. The Kier molecular flexibility index (Phi) is 3.34. The van der Waals surface area contributed by atoms with Crippen LogP contribution in [-0.4, -0.2) is 12.1 Å². The number of nitrogens with one attached hydrogen (secondary N) is 1. The van der Waals surface area contributed by atoms with Gasteiger partial charge in [0, 0.05) is 5.54 Å². The SMILES string of the molecule is Cc1ccc(CC2(CC(C)C)CCN2)cc1. The summed E-state index contributed by atoms with van der Waals surface area (Å²) in [7, 11) is 0. The highest BCUT2D eigenvalue weighted by Crippen LogP contribution is 2.30. The summed E-state index contributed by atoms with van der Waals surface area (Å²) in [5, 5.41) is 3.65. The van der Waals surface area contributed by atoms with Crippen LogP contribution in [0.25, 0.3) is 0 Å². The zero-order chi connectivity index (χ0) is 11.6. The molecule has 1 heterocycles. The third kappa shape index (κ3) is 2.65. The third-order valence-corrected chi connectivity index (χ3v) is 3.57. The molecule has 1 aliphatic rings. The zero-order valence-electron chi connectivity index (χ0n) is 10.7.